The van der Waals surface area contributed by atoms with Gasteiger partial charge in [-0.25, -0.2) is 0 Å². The van der Waals surface area contributed by atoms with Crippen LogP contribution in [0.25, 0.3) is 16.9 Å². The Hall–Kier alpha value is -3.78. The van der Waals surface area contributed by atoms with E-state index in [1.54, 1.807) is 30.7 Å². The monoisotopic (exact) mass is 327 g/mol. The van der Waals surface area contributed by atoms with Crippen LogP contribution in [-0.4, -0.2) is 5.91 Å². The molecule has 1 amide bonds. The molecule has 2 aromatic carbocycles. The van der Waals surface area contributed by atoms with E-state index in [0.29, 0.717) is 11.1 Å². The molecule has 0 saturated carbocycles. The molecule has 0 spiro atoms. The third-order valence-corrected chi connectivity index (χ3v) is 3.98. The van der Waals surface area contributed by atoms with Gasteiger partial charge in [0.25, 0.3) is 5.91 Å². The van der Waals surface area contributed by atoms with Crippen molar-refractivity contribution >= 4 is 22.9 Å². The third kappa shape index (κ3) is 2.77. The second-order valence-corrected chi connectivity index (χ2v) is 5.59. The average Bonchev–Trinajstić information content (AvgIpc) is 3.27. The van der Waals surface area contributed by atoms with Gasteiger partial charge in [-0.3, -0.25) is 4.79 Å². The lowest BCUT2D eigenvalue weighted by atomic mass is 10.0. The molecule has 3 aromatic rings. The van der Waals surface area contributed by atoms with Crippen LogP contribution in [0.1, 0.15) is 11.1 Å². The summed E-state index contributed by atoms with van der Waals surface area (Å²) >= 11 is 0. The molecule has 4 rings (SSSR count). The highest BCUT2D eigenvalue weighted by Crippen LogP contribution is 2.35. The number of fused-ring (bicyclic) bond motifs is 1. The lowest BCUT2D eigenvalue weighted by Crippen LogP contribution is -2.05. The van der Waals surface area contributed by atoms with Gasteiger partial charge in [0, 0.05) is 28.7 Å². The normalized spacial score (nSPS) is 14.0. The molecule has 0 unspecified atom stereocenters. The van der Waals surface area contributed by atoms with Crippen molar-refractivity contribution in [2.75, 3.05) is 10.6 Å². The van der Waals surface area contributed by atoms with Gasteiger partial charge in [-0.05, 0) is 36.4 Å². The van der Waals surface area contributed by atoms with E-state index in [4.69, 9.17) is 9.68 Å². The van der Waals surface area contributed by atoms with Gasteiger partial charge >= 0.3 is 0 Å². The topological polar surface area (TPSA) is 78.1 Å². The van der Waals surface area contributed by atoms with Crippen molar-refractivity contribution in [2.45, 2.75) is 0 Å². The number of hydrogen-bond donors (Lipinski definition) is 2. The quantitative estimate of drug-likeness (QED) is 0.706. The molecule has 0 aliphatic carbocycles. The fourth-order valence-electron chi connectivity index (χ4n) is 2.77. The summed E-state index contributed by atoms with van der Waals surface area (Å²) < 4.78 is 5.39. The Morgan fingerprint density at radius 2 is 2.04 bits per heavy atom. The Balaban J connectivity index is 1.64. The molecule has 0 fully saturated rings. The minimum Gasteiger partial charge on any atom is -0.464 e. The van der Waals surface area contributed by atoms with E-state index in [-0.39, 0.29) is 5.91 Å². The van der Waals surface area contributed by atoms with Gasteiger partial charge < -0.3 is 15.1 Å². The van der Waals surface area contributed by atoms with Crippen LogP contribution >= 0.6 is 0 Å². The van der Waals surface area contributed by atoms with Crippen LogP contribution in [0.15, 0.2) is 71.5 Å². The van der Waals surface area contributed by atoms with Gasteiger partial charge in [-0.2, -0.15) is 5.26 Å². The Bertz CT molecular complexity index is 1030. The zero-order valence-electron chi connectivity index (χ0n) is 13.1. The summed E-state index contributed by atoms with van der Waals surface area (Å²) in [6.07, 6.45) is 3.27. The highest BCUT2D eigenvalue weighted by Gasteiger charge is 2.24. The molecular formula is C20H13N3O2. The van der Waals surface area contributed by atoms with Crippen LogP contribution in [0.3, 0.4) is 0 Å². The fourth-order valence-corrected chi connectivity index (χ4v) is 2.77. The number of amides is 1. The zero-order valence-corrected chi connectivity index (χ0v) is 13.1. The molecule has 1 aliphatic rings. The SMILES string of the molecule is N#Cc1cccc(N/C=C2\C(=O)Nc3cc(-c4ccco4)ccc32)c1. The number of carbonyl (C=O) groups excluding carboxylic acids is 1. The smallest absolute Gasteiger partial charge is 0.257 e. The molecule has 2 N–H and O–H groups in total. The van der Waals surface area contributed by atoms with Gasteiger partial charge in [0.15, 0.2) is 0 Å². The molecule has 5 heteroatoms. The van der Waals surface area contributed by atoms with Crippen molar-refractivity contribution in [3.8, 4) is 17.4 Å². The zero-order chi connectivity index (χ0) is 17.2. The Kier molecular flexibility index (Phi) is 3.56. The molecule has 0 bridgehead atoms. The maximum atomic E-state index is 12.3. The summed E-state index contributed by atoms with van der Waals surface area (Å²) in [4.78, 5) is 12.3. The summed E-state index contributed by atoms with van der Waals surface area (Å²) in [6.45, 7) is 0. The number of furan rings is 1. The summed E-state index contributed by atoms with van der Waals surface area (Å²) in [7, 11) is 0. The minimum atomic E-state index is -0.171. The third-order valence-electron chi connectivity index (χ3n) is 3.98. The molecule has 0 radical (unpaired) electrons. The summed E-state index contributed by atoms with van der Waals surface area (Å²) in [5.41, 5.74) is 4.33. The molecular weight excluding hydrogens is 314 g/mol. The van der Waals surface area contributed by atoms with Gasteiger partial charge in [-0.15, -0.1) is 0 Å². The first kappa shape index (κ1) is 14.8. The van der Waals surface area contributed by atoms with E-state index in [2.05, 4.69) is 16.7 Å². The van der Waals surface area contributed by atoms with Crippen molar-refractivity contribution < 1.29 is 9.21 Å². The first-order valence-electron chi connectivity index (χ1n) is 7.71. The van der Waals surface area contributed by atoms with E-state index in [0.717, 1.165) is 28.3 Å². The van der Waals surface area contributed by atoms with Crippen molar-refractivity contribution in [1.82, 2.24) is 0 Å². The van der Waals surface area contributed by atoms with Gasteiger partial charge in [-0.1, -0.05) is 18.2 Å². The van der Waals surface area contributed by atoms with E-state index in [9.17, 15) is 4.79 Å². The van der Waals surface area contributed by atoms with Crippen molar-refractivity contribution in [1.29, 1.82) is 5.26 Å². The number of hydrogen-bond acceptors (Lipinski definition) is 4. The van der Waals surface area contributed by atoms with Crippen LogP contribution in [0.4, 0.5) is 11.4 Å². The molecule has 5 nitrogen and oxygen atoms in total. The van der Waals surface area contributed by atoms with E-state index < -0.39 is 0 Å². The lowest BCUT2D eigenvalue weighted by Gasteiger charge is -2.04. The number of nitriles is 1. The van der Waals surface area contributed by atoms with Crippen LogP contribution in [0, 0.1) is 11.3 Å². The van der Waals surface area contributed by atoms with Gasteiger partial charge in [0.05, 0.1) is 23.5 Å². The molecule has 1 aliphatic heterocycles. The van der Waals surface area contributed by atoms with Crippen LogP contribution in [0.2, 0.25) is 0 Å². The van der Waals surface area contributed by atoms with Crippen LogP contribution in [-0.2, 0) is 4.79 Å². The summed E-state index contributed by atoms with van der Waals surface area (Å²) in [6, 6.07) is 18.6. The summed E-state index contributed by atoms with van der Waals surface area (Å²) in [5, 5.41) is 14.9. The first-order valence-corrected chi connectivity index (χ1v) is 7.71. The maximum Gasteiger partial charge on any atom is 0.257 e. The molecule has 1 aromatic heterocycles. The lowest BCUT2D eigenvalue weighted by molar-refractivity contribution is -0.110. The van der Waals surface area contributed by atoms with E-state index in [1.165, 1.54) is 0 Å². The largest absolute Gasteiger partial charge is 0.464 e. The van der Waals surface area contributed by atoms with Crippen molar-refractivity contribution in [3.05, 3.63) is 78.2 Å². The predicted molar refractivity (Wildman–Crippen MR) is 95.5 cm³/mol. The average molecular weight is 327 g/mol. The first-order chi connectivity index (χ1) is 12.2. The van der Waals surface area contributed by atoms with Crippen LogP contribution in [0.5, 0.6) is 0 Å². The Morgan fingerprint density at radius 3 is 2.84 bits per heavy atom. The highest BCUT2D eigenvalue weighted by atomic mass is 16.3. The highest BCUT2D eigenvalue weighted by molar-refractivity contribution is 6.31. The number of nitrogens with one attached hydrogen (secondary N) is 2. The number of carbonyl (C=O) groups is 1. The Labute approximate surface area is 144 Å². The van der Waals surface area contributed by atoms with Crippen LogP contribution < -0.4 is 10.6 Å². The van der Waals surface area contributed by atoms with E-state index >= 15 is 0 Å². The molecule has 0 saturated heterocycles. The second-order valence-electron chi connectivity index (χ2n) is 5.59. The number of benzene rings is 2. The molecule has 2 heterocycles. The molecule has 120 valence electrons. The predicted octanol–water partition coefficient (Wildman–Crippen LogP) is 4.22. The van der Waals surface area contributed by atoms with E-state index in [1.807, 2.05) is 36.4 Å². The van der Waals surface area contributed by atoms with Gasteiger partial charge in [0.1, 0.15) is 5.76 Å². The number of rotatable bonds is 3. The van der Waals surface area contributed by atoms with Crippen molar-refractivity contribution in [3.63, 3.8) is 0 Å². The summed E-state index contributed by atoms with van der Waals surface area (Å²) in [5.74, 6) is 0.580. The number of anilines is 2. The maximum absolute atomic E-state index is 12.3. The molecule has 0 atom stereocenters. The van der Waals surface area contributed by atoms with Gasteiger partial charge in [0.2, 0.25) is 0 Å². The number of nitrogens with zero attached hydrogens (tertiary/aromatic N) is 1. The fraction of sp³-hybridized carbons (Fsp3) is 0. The Morgan fingerprint density at radius 1 is 1.12 bits per heavy atom. The molecule has 25 heavy (non-hydrogen) atoms. The second kappa shape index (κ2) is 6.02. The minimum absolute atomic E-state index is 0.171. The standard InChI is InChI=1S/C20H13N3O2/c21-11-13-3-1-4-15(9-13)22-12-17-16-7-6-14(19-5-2-8-25-19)10-18(16)23-20(17)24/h1-10,12,22H,(H,23,24)/b17-12-. The van der Waals surface area contributed by atoms with Crippen molar-refractivity contribution in [2.24, 2.45) is 0 Å².